The monoisotopic (exact) mass is 460 g/mol. The lowest BCUT2D eigenvalue weighted by molar-refractivity contribution is -0.719. The Labute approximate surface area is 189 Å². The number of phenolic OH excluding ortho intramolecular Hbond substituents is 1. The molecule has 0 aliphatic rings. The average molecular weight is 461 g/mol. The van der Waals surface area contributed by atoms with E-state index in [0.29, 0.717) is 28.2 Å². The number of methoxy groups -OCH3 is 1. The molecule has 8 nitrogen and oxygen atoms in total. The van der Waals surface area contributed by atoms with E-state index < -0.39 is 0 Å². The third-order valence-corrected chi connectivity index (χ3v) is 5.70. The Kier molecular flexibility index (Phi) is 7.54. The van der Waals surface area contributed by atoms with Gasteiger partial charge in [0.15, 0.2) is 11.5 Å². The number of benzene rings is 2. The van der Waals surface area contributed by atoms with Gasteiger partial charge in [-0.05, 0) is 68.1 Å². The molecule has 3 N–H and O–H groups in total. The first kappa shape index (κ1) is 22.6. The zero-order chi connectivity index (χ0) is 22.4. The first-order chi connectivity index (χ1) is 14.9. The first-order valence-electron chi connectivity index (χ1n) is 9.50. The molecule has 0 saturated carbocycles. The fourth-order valence-corrected chi connectivity index (χ4v) is 3.76. The molecule has 0 unspecified atom stereocenters. The summed E-state index contributed by atoms with van der Waals surface area (Å²) in [5.74, 6) is 1.13. The second-order valence-electron chi connectivity index (χ2n) is 6.51. The third kappa shape index (κ3) is 5.56. The summed E-state index contributed by atoms with van der Waals surface area (Å²) in [6.45, 7) is 4.47. The highest BCUT2D eigenvalue weighted by Gasteiger charge is 2.21. The number of rotatable bonds is 8. The van der Waals surface area contributed by atoms with Crippen molar-refractivity contribution in [2.24, 2.45) is 5.10 Å². The van der Waals surface area contributed by atoms with E-state index in [9.17, 15) is 9.90 Å². The highest BCUT2D eigenvalue weighted by molar-refractivity contribution is 7.99. The molecule has 1 aromatic heterocycles. The molecule has 2 aromatic carbocycles. The van der Waals surface area contributed by atoms with Crippen molar-refractivity contribution in [1.29, 1.82) is 0 Å². The molecule has 0 atom stereocenters. The number of hydrogen-bond donors (Lipinski definition) is 3. The Bertz CT molecular complexity index is 1100. The van der Waals surface area contributed by atoms with Gasteiger partial charge in [-0.3, -0.25) is 4.79 Å². The Morgan fingerprint density at radius 2 is 2.06 bits per heavy atom. The summed E-state index contributed by atoms with van der Waals surface area (Å²) in [6.07, 6.45) is 0. The number of aromatic nitrogens is 3. The van der Waals surface area contributed by atoms with Crippen LogP contribution in [0.25, 0.3) is 11.4 Å². The predicted molar refractivity (Wildman–Crippen MR) is 121 cm³/mol. The minimum atomic E-state index is -0.256. The van der Waals surface area contributed by atoms with Crippen molar-refractivity contribution < 1.29 is 19.2 Å². The smallest absolute Gasteiger partial charge is 0.337 e. The number of carbonyl (C=O) groups is 1. The fraction of sp³-hybridized carbons (Fsp3) is 0.238. The molecule has 3 aromatic rings. The molecule has 0 aliphatic carbocycles. The number of hydrazone groups is 1. The van der Waals surface area contributed by atoms with E-state index in [2.05, 4.69) is 20.7 Å². The maximum Gasteiger partial charge on any atom is 0.337 e. The van der Waals surface area contributed by atoms with Gasteiger partial charge in [-0.1, -0.05) is 11.6 Å². The maximum absolute atomic E-state index is 12.3. The largest absolute Gasteiger partial charge is 0.504 e. The van der Waals surface area contributed by atoms with Gasteiger partial charge in [-0.25, -0.2) is 9.99 Å². The van der Waals surface area contributed by atoms with Crippen LogP contribution in [0.15, 0.2) is 52.7 Å². The molecule has 0 bridgehead atoms. The highest BCUT2D eigenvalue weighted by Crippen LogP contribution is 2.26. The molecule has 162 valence electrons. The van der Waals surface area contributed by atoms with E-state index in [4.69, 9.17) is 16.3 Å². The molecule has 31 heavy (non-hydrogen) atoms. The Hall–Kier alpha value is -3.04. The summed E-state index contributed by atoms with van der Waals surface area (Å²) in [4.78, 5) is 12.3. The average Bonchev–Trinajstić information content (AvgIpc) is 3.19. The van der Waals surface area contributed by atoms with Gasteiger partial charge in [0.2, 0.25) is 0 Å². The van der Waals surface area contributed by atoms with Crippen molar-refractivity contribution in [3.63, 3.8) is 0 Å². The number of aromatic hydroxyl groups is 1. The molecular weight excluding hydrogens is 438 g/mol. The summed E-state index contributed by atoms with van der Waals surface area (Å²) in [5, 5.41) is 22.6. The van der Waals surface area contributed by atoms with E-state index in [0.717, 1.165) is 17.0 Å². The van der Waals surface area contributed by atoms with Crippen LogP contribution in [-0.2, 0) is 11.3 Å². The fourth-order valence-electron chi connectivity index (χ4n) is 2.82. The van der Waals surface area contributed by atoms with Crippen LogP contribution in [-0.4, -0.2) is 39.8 Å². The number of thioether (sulfide) groups is 1. The Balaban J connectivity index is 1.63. The predicted octanol–water partition coefficient (Wildman–Crippen LogP) is 3.38. The summed E-state index contributed by atoms with van der Waals surface area (Å²) >= 11 is 7.28. The van der Waals surface area contributed by atoms with Crippen LogP contribution in [0.3, 0.4) is 0 Å². The van der Waals surface area contributed by atoms with Crippen LogP contribution < -0.4 is 14.7 Å². The number of ether oxygens (including phenoxy) is 1. The molecule has 0 radical (unpaired) electrons. The van der Waals surface area contributed by atoms with Crippen molar-refractivity contribution in [2.75, 3.05) is 12.9 Å². The van der Waals surface area contributed by atoms with Gasteiger partial charge in [0.05, 0.1) is 35.8 Å². The normalized spacial score (nSPS) is 11.4. The van der Waals surface area contributed by atoms with Crippen molar-refractivity contribution in [1.82, 2.24) is 15.6 Å². The second-order valence-corrected chi connectivity index (χ2v) is 7.89. The zero-order valence-corrected chi connectivity index (χ0v) is 18.9. The summed E-state index contributed by atoms with van der Waals surface area (Å²) < 4.78 is 7.09. The Morgan fingerprint density at radius 3 is 2.74 bits per heavy atom. The number of carbonyl (C=O) groups excluding carboxylic acids is 1. The van der Waals surface area contributed by atoms with E-state index in [1.54, 1.807) is 19.1 Å². The maximum atomic E-state index is 12.3. The minimum Gasteiger partial charge on any atom is -0.504 e. The molecule has 3 rings (SSSR count). The Morgan fingerprint density at radius 1 is 1.32 bits per heavy atom. The molecule has 0 saturated heterocycles. The quantitative estimate of drug-likeness (QED) is 0.207. The topological polar surface area (TPSA) is 103 Å². The van der Waals surface area contributed by atoms with Gasteiger partial charge in [-0.2, -0.15) is 5.10 Å². The van der Waals surface area contributed by atoms with Crippen LogP contribution in [0.4, 0.5) is 0 Å². The number of H-pyrrole nitrogens is 1. The van der Waals surface area contributed by atoms with Crippen LogP contribution in [0, 0.1) is 0 Å². The molecule has 10 heteroatoms. The summed E-state index contributed by atoms with van der Waals surface area (Å²) in [6, 6.07) is 12.3. The van der Waals surface area contributed by atoms with E-state index in [1.807, 2.05) is 35.8 Å². The SMILES string of the molecule is CC[n+]1c(SCC(=O)N/N=C(/C)c2ccc(O)c(OC)c2)n[nH]c1-c1ccc(Cl)cc1. The standard InChI is InChI=1S/C21H22ClN5O3S/c1-4-27-20(14-5-8-16(22)9-6-14)25-26-21(27)31-12-19(29)24-23-13(2)15-7-10-17(28)18(11-15)30-3/h5-11H,4,12H2,1-3H3,(H2,23,24,28,29)/p+1. The van der Waals surface area contributed by atoms with Gasteiger partial charge in [0.1, 0.15) is 0 Å². The molecule has 0 aliphatic heterocycles. The van der Waals surface area contributed by atoms with E-state index >= 15 is 0 Å². The summed E-state index contributed by atoms with van der Waals surface area (Å²) in [7, 11) is 1.47. The number of amides is 1. The van der Waals surface area contributed by atoms with Crippen LogP contribution in [0.2, 0.25) is 5.02 Å². The van der Waals surface area contributed by atoms with Crippen molar-refractivity contribution in [3.8, 4) is 22.9 Å². The molecular formula is C21H23ClN5O3S+. The number of hydrogen-bond acceptors (Lipinski definition) is 6. The zero-order valence-electron chi connectivity index (χ0n) is 17.3. The van der Waals surface area contributed by atoms with Crippen molar-refractivity contribution >= 4 is 35.0 Å². The van der Waals surface area contributed by atoms with Gasteiger partial charge in [-0.15, -0.1) is 5.10 Å². The van der Waals surface area contributed by atoms with Crippen molar-refractivity contribution in [3.05, 3.63) is 53.1 Å². The molecule has 1 heterocycles. The van der Waals surface area contributed by atoms with Crippen LogP contribution >= 0.6 is 23.4 Å². The highest BCUT2D eigenvalue weighted by atomic mass is 35.5. The number of halogens is 1. The third-order valence-electron chi connectivity index (χ3n) is 4.47. The van der Waals surface area contributed by atoms with Gasteiger partial charge in [0.25, 0.3) is 11.7 Å². The summed E-state index contributed by atoms with van der Waals surface area (Å²) in [5.41, 5.74) is 4.82. The molecule has 0 fully saturated rings. The van der Waals surface area contributed by atoms with E-state index in [-0.39, 0.29) is 17.4 Å². The number of nitrogens with one attached hydrogen (secondary N) is 2. The second kappa shape index (κ2) is 10.3. The van der Waals surface area contributed by atoms with Gasteiger partial charge in [0, 0.05) is 10.6 Å². The molecule has 0 spiro atoms. The lowest BCUT2D eigenvalue weighted by Crippen LogP contribution is -2.36. The molecule has 1 amide bonds. The van der Waals surface area contributed by atoms with Crippen molar-refractivity contribution in [2.45, 2.75) is 25.5 Å². The van der Waals surface area contributed by atoms with Gasteiger partial charge >= 0.3 is 5.16 Å². The number of nitrogens with zero attached hydrogens (tertiary/aromatic N) is 3. The van der Waals surface area contributed by atoms with Gasteiger partial charge < -0.3 is 9.84 Å². The lowest BCUT2D eigenvalue weighted by atomic mass is 10.1. The number of phenols is 1. The minimum absolute atomic E-state index is 0.0423. The lowest BCUT2D eigenvalue weighted by Gasteiger charge is -2.06. The van der Waals surface area contributed by atoms with Crippen LogP contribution in [0.1, 0.15) is 19.4 Å². The van der Waals surface area contributed by atoms with Crippen LogP contribution in [0.5, 0.6) is 11.5 Å². The van der Waals surface area contributed by atoms with E-state index in [1.165, 1.54) is 24.9 Å². The first-order valence-corrected chi connectivity index (χ1v) is 10.9. The number of aromatic amines is 1.